The SMILES string of the molecule is O=C(Nc1ccc(F)cc1)C(F)(F)[C@]1(O)CC[C@@H](c2ccccc2)CC1. The third-order valence-electron chi connectivity index (χ3n) is 5.06. The van der Waals surface area contributed by atoms with Gasteiger partial charge in [-0.05, 0) is 61.4 Å². The van der Waals surface area contributed by atoms with E-state index in [9.17, 15) is 23.1 Å². The molecule has 2 N–H and O–H groups in total. The summed E-state index contributed by atoms with van der Waals surface area (Å²) in [6.07, 6.45) is 0.409. The highest BCUT2D eigenvalue weighted by Gasteiger charge is 2.59. The molecule has 0 saturated heterocycles. The van der Waals surface area contributed by atoms with Crippen molar-refractivity contribution in [1.29, 1.82) is 0 Å². The molecule has 1 amide bonds. The molecule has 6 heteroatoms. The molecule has 3 nitrogen and oxygen atoms in total. The molecule has 0 atom stereocenters. The normalized spacial score (nSPS) is 23.5. The van der Waals surface area contributed by atoms with Crippen molar-refractivity contribution in [2.24, 2.45) is 0 Å². The zero-order chi connectivity index (χ0) is 18.8. The number of carbonyl (C=O) groups is 1. The average molecular weight is 363 g/mol. The zero-order valence-corrected chi connectivity index (χ0v) is 14.1. The summed E-state index contributed by atoms with van der Waals surface area (Å²) < 4.78 is 42.2. The highest BCUT2D eigenvalue weighted by molar-refractivity contribution is 5.97. The maximum Gasteiger partial charge on any atom is 0.352 e. The van der Waals surface area contributed by atoms with Crippen molar-refractivity contribution in [3.63, 3.8) is 0 Å². The van der Waals surface area contributed by atoms with Crippen LogP contribution >= 0.6 is 0 Å². The van der Waals surface area contributed by atoms with E-state index in [4.69, 9.17) is 0 Å². The average Bonchev–Trinajstić information content (AvgIpc) is 2.65. The molecule has 2 aromatic carbocycles. The molecule has 1 saturated carbocycles. The van der Waals surface area contributed by atoms with Gasteiger partial charge in [0, 0.05) is 5.69 Å². The maximum absolute atomic E-state index is 14.6. The molecule has 0 aromatic heterocycles. The molecular weight excluding hydrogens is 343 g/mol. The summed E-state index contributed by atoms with van der Waals surface area (Å²) in [5.74, 6) is -5.96. The molecule has 0 aliphatic heterocycles. The number of benzene rings is 2. The maximum atomic E-state index is 14.6. The standard InChI is InChI=1S/C20H20F3NO2/c21-16-6-8-17(9-7-16)24-18(25)20(22,23)19(26)12-10-15(11-13-19)14-4-2-1-3-5-14/h1-9,15,26H,10-13H2,(H,24,25)/t15-,19+. The lowest BCUT2D eigenvalue weighted by Gasteiger charge is -2.40. The molecule has 26 heavy (non-hydrogen) atoms. The van der Waals surface area contributed by atoms with E-state index in [0.717, 1.165) is 17.7 Å². The van der Waals surface area contributed by atoms with Crippen molar-refractivity contribution in [1.82, 2.24) is 0 Å². The van der Waals surface area contributed by atoms with Crippen LogP contribution in [0.4, 0.5) is 18.9 Å². The fourth-order valence-corrected chi connectivity index (χ4v) is 3.42. The lowest BCUT2D eigenvalue weighted by molar-refractivity contribution is -0.197. The summed E-state index contributed by atoms with van der Waals surface area (Å²) in [5.41, 5.74) is -1.28. The van der Waals surface area contributed by atoms with Crippen LogP contribution in [0, 0.1) is 5.82 Å². The first-order chi connectivity index (χ1) is 12.3. The Labute approximate surface area is 149 Å². The highest BCUT2D eigenvalue weighted by atomic mass is 19.3. The fourth-order valence-electron chi connectivity index (χ4n) is 3.42. The number of anilines is 1. The summed E-state index contributed by atoms with van der Waals surface area (Å²) in [6.45, 7) is 0. The van der Waals surface area contributed by atoms with Gasteiger partial charge < -0.3 is 10.4 Å². The third kappa shape index (κ3) is 3.60. The Bertz CT molecular complexity index is 754. The molecule has 0 radical (unpaired) electrons. The molecule has 2 aromatic rings. The van der Waals surface area contributed by atoms with Gasteiger partial charge in [-0.2, -0.15) is 8.78 Å². The van der Waals surface area contributed by atoms with E-state index >= 15 is 0 Å². The summed E-state index contributed by atoms with van der Waals surface area (Å²) in [4.78, 5) is 12.1. The van der Waals surface area contributed by atoms with E-state index in [-0.39, 0.29) is 24.4 Å². The van der Waals surface area contributed by atoms with Gasteiger partial charge in [0.1, 0.15) is 11.4 Å². The molecule has 3 rings (SSSR count). The predicted octanol–water partition coefficient (Wildman–Crippen LogP) is 4.49. The molecule has 0 spiro atoms. The Balaban J connectivity index is 1.68. The van der Waals surface area contributed by atoms with Gasteiger partial charge in [-0.1, -0.05) is 30.3 Å². The first-order valence-electron chi connectivity index (χ1n) is 8.54. The van der Waals surface area contributed by atoms with Gasteiger partial charge in [0.2, 0.25) is 0 Å². The number of alkyl halides is 2. The second-order valence-electron chi connectivity index (χ2n) is 6.75. The summed E-state index contributed by atoms with van der Waals surface area (Å²) >= 11 is 0. The molecule has 1 aliphatic rings. The minimum absolute atomic E-state index is 0.0534. The lowest BCUT2D eigenvalue weighted by atomic mass is 9.73. The van der Waals surface area contributed by atoms with Gasteiger partial charge in [0.05, 0.1) is 0 Å². The summed E-state index contributed by atoms with van der Waals surface area (Å²) in [5, 5.41) is 12.5. The van der Waals surface area contributed by atoms with E-state index in [1.165, 1.54) is 12.1 Å². The Morgan fingerprint density at radius 3 is 2.19 bits per heavy atom. The van der Waals surface area contributed by atoms with E-state index in [1.54, 1.807) is 0 Å². The van der Waals surface area contributed by atoms with Crippen LogP contribution in [0.2, 0.25) is 0 Å². The summed E-state index contributed by atoms with van der Waals surface area (Å²) in [6, 6.07) is 14.1. The van der Waals surface area contributed by atoms with E-state index < -0.39 is 23.2 Å². The Kier molecular flexibility index (Phi) is 5.05. The van der Waals surface area contributed by atoms with Crippen LogP contribution in [0.15, 0.2) is 54.6 Å². The molecule has 1 aliphatic carbocycles. The smallest absolute Gasteiger partial charge is 0.352 e. The largest absolute Gasteiger partial charge is 0.383 e. The van der Waals surface area contributed by atoms with Gasteiger partial charge in [0.15, 0.2) is 0 Å². The number of hydrogen-bond donors (Lipinski definition) is 2. The van der Waals surface area contributed by atoms with Crippen LogP contribution in [0.25, 0.3) is 0 Å². The van der Waals surface area contributed by atoms with Crippen LogP contribution < -0.4 is 5.32 Å². The second kappa shape index (κ2) is 7.11. The molecule has 1 fully saturated rings. The number of amides is 1. The zero-order valence-electron chi connectivity index (χ0n) is 14.1. The molecular formula is C20H20F3NO2. The molecule has 0 bridgehead atoms. The van der Waals surface area contributed by atoms with Crippen LogP contribution in [-0.2, 0) is 4.79 Å². The van der Waals surface area contributed by atoms with Crippen molar-refractivity contribution >= 4 is 11.6 Å². The Morgan fingerprint density at radius 2 is 1.62 bits per heavy atom. The number of rotatable bonds is 4. The van der Waals surface area contributed by atoms with Crippen LogP contribution in [0.3, 0.4) is 0 Å². The van der Waals surface area contributed by atoms with Gasteiger partial charge >= 0.3 is 5.92 Å². The van der Waals surface area contributed by atoms with Crippen molar-refractivity contribution in [3.8, 4) is 0 Å². The first kappa shape index (κ1) is 18.5. The van der Waals surface area contributed by atoms with Crippen LogP contribution in [0.5, 0.6) is 0 Å². The van der Waals surface area contributed by atoms with E-state index in [0.29, 0.717) is 12.8 Å². The van der Waals surface area contributed by atoms with Crippen molar-refractivity contribution in [2.45, 2.75) is 43.1 Å². The quantitative estimate of drug-likeness (QED) is 0.841. The monoisotopic (exact) mass is 363 g/mol. The topological polar surface area (TPSA) is 49.3 Å². The summed E-state index contributed by atoms with van der Waals surface area (Å²) in [7, 11) is 0. The minimum atomic E-state index is -3.94. The van der Waals surface area contributed by atoms with Crippen LogP contribution in [0.1, 0.15) is 37.2 Å². The van der Waals surface area contributed by atoms with Crippen molar-refractivity contribution in [3.05, 3.63) is 66.0 Å². The third-order valence-corrected chi connectivity index (χ3v) is 5.06. The predicted molar refractivity (Wildman–Crippen MR) is 92.6 cm³/mol. The number of hydrogen-bond acceptors (Lipinski definition) is 2. The first-order valence-corrected chi connectivity index (χ1v) is 8.54. The minimum Gasteiger partial charge on any atom is -0.383 e. The van der Waals surface area contributed by atoms with Crippen molar-refractivity contribution in [2.75, 3.05) is 5.32 Å². The molecule has 0 unspecified atom stereocenters. The van der Waals surface area contributed by atoms with Gasteiger partial charge in [0.25, 0.3) is 5.91 Å². The van der Waals surface area contributed by atoms with E-state index in [1.807, 2.05) is 30.3 Å². The number of nitrogens with one attached hydrogen (secondary N) is 1. The lowest BCUT2D eigenvalue weighted by Crippen LogP contribution is -2.56. The van der Waals surface area contributed by atoms with Gasteiger partial charge in [-0.3, -0.25) is 4.79 Å². The van der Waals surface area contributed by atoms with E-state index in [2.05, 4.69) is 5.32 Å². The Hall–Kier alpha value is -2.34. The Morgan fingerprint density at radius 1 is 1.04 bits per heavy atom. The van der Waals surface area contributed by atoms with Gasteiger partial charge in [-0.25, -0.2) is 4.39 Å². The van der Waals surface area contributed by atoms with Crippen LogP contribution in [-0.4, -0.2) is 22.5 Å². The number of carbonyl (C=O) groups excluding carboxylic acids is 1. The van der Waals surface area contributed by atoms with Crippen molar-refractivity contribution < 1.29 is 23.1 Å². The van der Waals surface area contributed by atoms with Gasteiger partial charge in [-0.15, -0.1) is 0 Å². The highest BCUT2D eigenvalue weighted by Crippen LogP contribution is 2.45. The second-order valence-corrected chi connectivity index (χ2v) is 6.75. The number of halogens is 3. The fraction of sp³-hybridized carbons (Fsp3) is 0.350. The molecule has 0 heterocycles. The number of aliphatic hydroxyl groups is 1. The molecule has 138 valence electrons.